The Morgan fingerprint density at radius 3 is 2.09 bits per heavy atom. The van der Waals surface area contributed by atoms with E-state index in [1.807, 2.05) is 0 Å². The van der Waals surface area contributed by atoms with Crippen molar-refractivity contribution in [1.82, 2.24) is 5.32 Å². The minimum Gasteiger partial charge on any atom is -0.496 e. The predicted molar refractivity (Wildman–Crippen MR) is 85.1 cm³/mol. The molecule has 1 amide bonds. The average Bonchev–Trinajstić information content (AvgIpc) is 3.03. The molecule has 1 aliphatic carbocycles. The van der Waals surface area contributed by atoms with Crippen LogP contribution in [0.3, 0.4) is 0 Å². The Labute approximate surface area is 139 Å². The Balaban J connectivity index is 2.14. The molecule has 0 saturated heterocycles. The quantitative estimate of drug-likeness (QED) is 0.804. The summed E-state index contributed by atoms with van der Waals surface area (Å²) in [5.41, 5.74) is 0.0207. The lowest BCUT2D eigenvalue weighted by Crippen LogP contribution is -2.32. The minimum atomic E-state index is -0.987. The summed E-state index contributed by atoms with van der Waals surface area (Å²) >= 11 is 12.0. The van der Waals surface area contributed by atoms with Crippen LogP contribution in [0.2, 0.25) is 0 Å². The number of methoxy groups -OCH3 is 3. The standard InChI is InChI=1S/C15H19Cl2NO4/c1-14(8-15(14,16)17)13(19)18-7-9-5-11(21-3)12(22-4)6-10(9)20-2/h5-6H,7-8H2,1-4H3,(H,18,19). The summed E-state index contributed by atoms with van der Waals surface area (Å²) in [7, 11) is 4.65. The van der Waals surface area contributed by atoms with Gasteiger partial charge in [0.2, 0.25) is 5.91 Å². The highest BCUT2D eigenvalue weighted by Gasteiger charge is 2.67. The zero-order valence-electron chi connectivity index (χ0n) is 13.0. The molecule has 7 heteroatoms. The van der Waals surface area contributed by atoms with E-state index < -0.39 is 9.75 Å². The Hall–Kier alpha value is -1.33. The lowest BCUT2D eigenvalue weighted by atomic mass is 10.1. The van der Waals surface area contributed by atoms with E-state index in [0.717, 1.165) is 5.56 Å². The maximum Gasteiger partial charge on any atom is 0.229 e. The van der Waals surface area contributed by atoms with Crippen LogP contribution >= 0.6 is 23.2 Å². The summed E-state index contributed by atoms with van der Waals surface area (Å²) in [5, 5.41) is 2.84. The fraction of sp³-hybridized carbons (Fsp3) is 0.533. The van der Waals surface area contributed by atoms with Gasteiger partial charge in [-0.2, -0.15) is 0 Å². The van der Waals surface area contributed by atoms with Crippen LogP contribution in [-0.4, -0.2) is 31.6 Å². The van der Waals surface area contributed by atoms with E-state index in [4.69, 9.17) is 37.4 Å². The highest BCUT2D eigenvalue weighted by molar-refractivity contribution is 6.53. The number of rotatable bonds is 6. The van der Waals surface area contributed by atoms with Crippen molar-refractivity contribution in [2.75, 3.05) is 21.3 Å². The Morgan fingerprint density at radius 1 is 1.14 bits per heavy atom. The SMILES string of the molecule is COc1cc(OC)c(OC)cc1CNC(=O)C1(C)CC1(Cl)Cl. The van der Waals surface area contributed by atoms with E-state index in [-0.39, 0.29) is 12.5 Å². The molecule has 1 unspecified atom stereocenters. The van der Waals surface area contributed by atoms with Crippen LogP contribution in [-0.2, 0) is 11.3 Å². The van der Waals surface area contributed by atoms with E-state index in [1.165, 1.54) is 0 Å². The molecule has 1 atom stereocenters. The molecule has 0 spiro atoms. The van der Waals surface area contributed by atoms with Crippen LogP contribution in [0.25, 0.3) is 0 Å². The number of benzene rings is 1. The van der Waals surface area contributed by atoms with Gasteiger partial charge in [0.1, 0.15) is 10.1 Å². The summed E-state index contributed by atoms with van der Waals surface area (Å²) in [4.78, 5) is 12.2. The molecule has 5 nitrogen and oxygen atoms in total. The van der Waals surface area contributed by atoms with Gasteiger partial charge in [-0.1, -0.05) is 0 Å². The first-order chi connectivity index (χ1) is 10.3. The first kappa shape index (κ1) is 17.0. The molecule has 1 saturated carbocycles. The average molecular weight is 348 g/mol. The van der Waals surface area contributed by atoms with Gasteiger partial charge in [-0.25, -0.2) is 0 Å². The van der Waals surface area contributed by atoms with Crippen LogP contribution in [0.4, 0.5) is 0 Å². The van der Waals surface area contributed by atoms with Crippen LogP contribution in [0.5, 0.6) is 17.2 Å². The van der Waals surface area contributed by atoms with E-state index in [0.29, 0.717) is 23.7 Å². The number of hydrogen-bond acceptors (Lipinski definition) is 4. The van der Waals surface area contributed by atoms with Gasteiger partial charge in [0.25, 0.3) is 0 Å². The second-order valence-corrected chi connectivity index (χ2v) is 6.90. The monoisotopic (exact) mass is 347 g/mol. The van der Waals surface area contributed by atoms with Gasteiger partial charge in [-0.3, -0.25) is 4.79 Å². The molecule has 0 radical (unpaired) electrons. The first-order valence-electron chi connectivity index (χ1n) is 6.74. The molecule has 1 aromatic carbocycles. The van der Waals surface area contributed by atoms with Crippen LogP contribution in [0.15, 0.2) is 12.1 Å². The van der Waals surface area contributed by atoms with Gasteiger partial charge >= 0.3 is 0 Å². The maximum atomic E-state index is 12.2. The van der Waals surface area contributed by atoms with Crippen molar-refractivity contribution in [2.45, 2.75) is 24.2 Å². The molecule has 122 valence electrons. The number of alkyl halides is 2. The summed E-state index contributed by atoms with van der Waals surface area (Å²) < 4.78 is 14.8. The van der Waals surface area contributed by atoms with Gasteiger partial charge in [0, 0.05) is 18.2 Å². The normalized spacial score (nSPS) is 21.9. The third kappa shape index (κ3) is 2.92. The topological polar surface area (TPSA) is 56.8 Å². The lowest BCUT2D eigenvalue weighted by Gasteiger charge is -2.16. The van der Waals surface area contributed by atoms with E-state index in [1.54, 1.807) is 40.4 Å². The fourth-order valence-corrected chi connectivity index (χ4v) is 2.95. The van der Waals surface area contributed by atoms with Crippen molar-refractivity contribution in [3.8, 4) is 17.2 Å². The van der Waals surface area contributed by atoms with Crippen molar-refractivity contribution in [3.63, 3.8) is 0 Å². The summed E-state index contributed by atoms with van der Waals surface area (Å²) in [6.07, 6.45) is 0.442. The first-order valence-corrected chi connectivity index (χ1v) is 7.49. The molecule has 1 aliphatic rings. The number of ether oxygens (including phenoxy) is 3. The van der Waals surface area contributed by atoms with E-state index >= 15 is 0 Å². The Morgan fingerprint density at radius 2 is 1.64 bits per heavy atom. The molecule has 0 aliphatic heterocycles. The number of carbonyl (C=O) groups is 1. The second kappa shape index (κ2) is 6.05. The van der Waals surface area contributed by atoms with Crippen molar-refractivity contribution in [2.24, 2.45) is 5.41 Å². The van der Waals surface area contributed by atoms with Gasteiger partial charge in [-0.15, -0.1) is 23.2 Å². The van der Waals surface area contributed by atoms with E-state index in [2.05, 4.69) is 5.32 Å². The highest BCUT2D eigenvalue weighted by atomic mass is 35.5. The predicted octanol–water partition coefficient (Wildman–Crippen LogP) is 2.91. The number of hydrogen-bond donors (Lipinski definition) is 1. The number of amides is 1. The maximum absolute atomic E-state index is 12.2. The summed E-state index contributed by atoms with van der Waals surface area (Å²) in [6, 6.07) is 3.48. The molecule has 1 N–H and O–H groups in total. The second-order valence-electron chi connectivity index (χ2n) is 5.42. The third-order valence-corrected chi connectivity index (χ3v) is 5.09. The molecule has 0 bridgehead atoms. The molecular formula is C15H19Cl2NO4. The van der Waals surface area contributed by atoms with Crippen molar-refractivity contribution in [3.05, 3.63) is 17.7 Å². The molecular weight excluding hydrogens is 329 g/mol. The number of carbonyl (C=O) groups excluding carboxylic acids is 1. The largest absolute Gasteiger partial charge is 0.496 e. The van der Waals surface area contributed by atoms with Crippen LogP contribution in [0, 0.1) is 5.41 Å². The van der Waals surface area contributed by atoms with Crippen LogP contribution < -0.4 is 19.5 Å². The van der Waals surface area contributed by atoms with Crippen LogP contribution in [0.1, 0.15) is 18.9 Å². The third-order valence-electron chi connectivity index (χ3n) is 3.98. The summed E-state index contributed by atoms with van der Waals surface area (Å²) in [6.45, 7) is 2.02. The van der Waals surface area contributed by atoms with Gasteiger partial charge < -0.3 is 19.5 Å². The highest BCUT2D eigenvalue weighted by Crippen LogP contribution is 2.63. The zero-order chi connectivity index (χ0) is 16.5. The molecule has 0 heterocycles. The van der Waals surface area contributed by atoms with Gasteiger partial charge in [-0.05, 0) is 19.4 Å². The van der Waals surface area contributed by atoms with Gasteiger partial charge in [0.15, 0.2) is 11.5 Å². The summed E-state index contributed by atoms with van der Waals surface area (Å²) in [5.74, 6) is 1.54. The molecule has 0 aromatic heterocycles. The van der Waals surface area contributed by atoms with E-state index in [9.17, 15) is 4.79 Å². The van der Waals surface area contributed by atoms with Gasteiger partial charge in [0.05, 0.1) is 26.7 Å². The fourth-order valence-electron chi connectivity index (χ4n) is 2.25. The molecule has 22 heavy (non-hydrogen) atoms. The van der Waals surface area contributed by atoms with Crippen molar-refractivity contribution < 1.29 is 19.0 Å². The number of halogens is 2. The Bertz CT molecular complexity index is 591. The van der Waals surface area contributed by atoms with Crippen molar-refractivity contribution >= 4 is 29.1 Å². The lowest BCUT2D eigenvalue weighted by molar-refractivity contribution is -0.125. The number of nitrogens with one attached hydrogen (secondary N) is 1. The molecule has 1 aromatic rings. The minimum absolute atomic E-state index is 0.186. The zero-order valence-corrected chi connectivity index (χ0v) is 14.5. The van der Waals surface area contributed by atoms with Crippen molar-refractivity contribution in [1.29, 1.82) is 0 Å². The molecule has 1 fully saturated rings. The Kier molecular flexibility index (Phi) is 4.68. The smallest absolute Gasteiger partial charge is 0.229 e. The molecule has 2 rings (SSSR count).